The van der Waals surface area contributed by atoms with Gasteiger partial charge in [-0.05, 0) is 37.1 Å². The molecule has 2 aromatic rings. The predicted molar refractivity (Wildman–Crippen MR) is 78.1 cm³/mol. The molecule has 3 rings (SSSR count). The Kier molecular flexibility index (Phi) is 3.40. The SMILES string of the molecule is Cc1sc2ccccc2c1C(O)C1CCCCC1. The van der Waals surface area contributed by atoms with Crippen molar-refractivity contribution in [3.05, 3.63) is 34.7 Å². The average molecular weight is 260 g/mol. The summed E-state index contributed by atoms with van der Waals surface area (Å²) < 4.78 is 1.31. The fourth-order valence-corrected chi connectivity index (χ4v) is 4.35. The van der Waals surface area contributed by atoms with Crippen LogP contribution in [0.4, 0.5) is 0 Å². The number of aryl methyl sites for hydroxylation is 1. The summed E-state index contributed by atoms with van der Waals surface area (Å²) in [6.07, 6.45) is 6.01. The quantitative estimate of drug-likeness (QED) is 0.820. The number of hydrogen-bond acceptors (Lipinski definition) is 2. The lowest BCUT2D eigenvalue weighted by Crippen LogP contribution is -2.16. The third-order valence-corrected chi connectivity index (χ3v) is 5.31. The molecule has 1 aromatic carbocycles. The highest BCUT2D eigenvalue weighted by Gasteiger charge is 2.26. The van der Waals surface area contributed by atoms with Gasteiger partial charge >= 0.3 is 0 Å². The highest BCUT2D eigenvalue weighted by Crippen LogP contribution is 2.41. The standard InChI is InChI=1S/C16H20OS/c1-11-15(13-9-5-6-10-14(13)18-11)16(17)12-7-3-2-4-8-12/h5-6,9-10,12,16-17H,2-4,7-8H2,1H3. The van der Waals surface area contributed by atoms with Gasteiger partial charge in [-0.1, -0.05) is 37.5 Å². The first-order valence-corrected chi connectivity index (χ1v) is 7.75. The van der Waals surface area contributed by atoms with Crippen molar-refractivity contribution in [2.24, 2.45) is 5.92 Å². The number of thiophene rings is 1. The summed E-state index contributed by atoms with van der Waals surface area (Å²) in [5, 5.41) is 12.0. The van der Waals surface area contributed by atoms with Gasteiger partial charge in [0.1, 0.15) is 0 Å². The molecule has 96 valence electrons. The third kappa shape index (κ3) is 2.08. The number of fused-ring (bicyclic) bond motifs is 1. The van der Waals surface area contributed by atoms with E-state index in [0.29, 0.717) is 5.92 Å². The molecule has 2 heteroatoms. The van der Waals surface area contributed by atoms with Crippen molar-refractivity contribution >= 4 is 21.4 Å². The Morgan fingerprint density at radius 2 is 1.89 bits per heavy atom. The van der Waals surface area contributed by atoms with E-state index in [2.05, 4.69) is 31.2 Å². The lowest BCUT2D eigenvalue weighted by molar-refractivity contribution is 0.0859. The fourth-order valence-electron chi connectivity index (χ4n) is 3.24. The smallest absolute Gasteiger partial charge is 0.0834 e. The van der Waals surface area contributed by atoms with Crippen LogP contribution in [-0.2, 0) is 0 Å². The van der Waals surface area contributed by atoms with Crippen molar-refractivity contribution in [1.29, 1.82) is 0 Å². The molecule has 1 heterocycles. The second kappa shape index (κ2) is 5.02. The van der Waals surface area contributed by atoms with E-state index in [9.17, 15) is 5.11 Å². The zero-order valence-corrected chi connectivity index (χ0v) is 11.7. The molecule has 1 unspecified atom stereocenters. The van der Waals surface area contributed by atoms with Crippen LogP contribution in [-0.4, -0.2) is 5.11 Å². The first-order valence-electron chi connectivity index (χ1n) is 6.93. The molecule has 0 bridgehead atoms. The number of rotatable bonds is 2. The Morgan fingerprint density at radius 3 is 2.67 bits per heavy atom. The number of hydrogen-bond donors (Lipinski definition) is 1. The van der Waals surface area contributed by atoms with Gasteiger partial charge in [0.15, 0.2) is 0 Å². The fraction of sp³-hybridized carbons (Fsp3) is 0.500. The van der Waals surface area contributed by atoms with Crippen LogP contribution in [0.5, 0.6) is 0 Å². The van der Waals surface area contributed by atoms with Gasteiger partial charge < -0.3 is 5.11 Å². The molecule has 1 fully saturated rings. The summed E-state index contributed by atoms with van der Waals surface area (Å²) in [6.45, 7) is 2.14. The van der Waals surface area contributed by atoms with E-state index in [4.69, 9.17) is 0 Å². The summed E-state index contributed by atoms with van der Waals surface area (Å²) in [5.74, 6) is 0.468. The van der Waals surface area contributed by atoms with Crippen molar-refractivity contribution in [2.75, 3.05) is 0 Å². The van der Waals surface area contributed by atoms with E-state index in [1.807, 2.05) is 11.3 Å². The Hall–Kier alpha value is -0.860. The molecule has 1 aromatic heterocycles. The molecule has 1 atom stereocenters. The van der Waals surface area contributed by atoms with E-state index in [1.165, 1.54) is 52.6 Å². The summed E-state index contributed by atoms with van der Waals surface area (Å²) in [5.41, 5.74) is 1.20. The minimum atomic E-state index is -0.263. The molecular weight excluding hydrogens is 240 g/mol. The van der Waals surface area contributed by atoms with Gasteiger partial charge in [-0.25, -0.2) is 0 Å². The molecule has 1 nitrogen and oxygen atoms in total. The number of benzene rings is 1. The van der Waals surface area contributed by atoms with Crippen LogP contribution in [0.3, 0.4) is 0 Å². The summed E-state index contributed by atoms with van der Waals surface area (Å²) >= 11 is 1.81. The number of aliphatic hydroxyl groups excluding tert-OH is 1. The number of aliphatic hydroxyl groups is 1. The van der Waals surface area contributed by atoms with Crippen LogP contribution in [0.1, 0.15) is 48.6 Å². The van der Waals surface area contributed by atoms with Gasteiger partial charge in [0.05, 0.1) is 6.10 Å². The molecule has 0 aliphatic heterocycles. The van der Waals surface area contributed by atoms with Crippen LogP contribution in [0.15, 0.2) is 24.3 Å². The highest BCUT2D eigenvalue weighted by atomic mass is 32.1. The third-order valence-electron chi connectivity index (χ3n) is 4.21. The van der Waals surface area contributed by atoms with Gasteiger partial charge in [-0.3, -0.25) is 0 Å². The first kappa shape index (κ1) is 12.2. The lowest BCUT2D eigenvalue weighted by atomic mass is 9.82. The van der Waals surface area contributed by atoms with E-state index >= 15 is 0 Å². The maximum Gasteiger partial charge on any atom is 0.0834 e. The molecule has 0 radical (unpaired) electrons. The maximum atomic E-state index is 10.7. The van der Waals surface area contributed by atoms with Crippen LogP contribution in [0.2, 0.25) is 0 Å². The van der Waals surface area contributed by atoms with Gasteiger partial charge in [0.25, 0.3) is 0 Å². The molecule has 1 saturated carbocycles. The molecule has 0 saturated heterocycles. The highest BCUT2D eigenvalue weighted by molar-refractivity contribution is 7.19. The van der Waals surface area contributed by atoms with Crippen molar-refractivity contribution in [2.45, 2.75) is 45.1 Å². The topological polar surface area (TPSA) is 20.2 Å². The molecule has 0 spiro atoms. The van der Waals surface area contributed by atoms with Crippen LogP contribution < -0.4 is 0 Å². The van der Waals surface area contributed by atoms with Gasteiger partial charge in [0.2, 0.25) is 0 Å². The van der Waals surface area contributed by atoms with Crippen LogP contribution in [0, 0.1) is 12.8 Å². The monoisotopic (exact) mass is 260 g/mol. The lowest BCUT2D eigenvalue weighted by Gasteiger charge is -2.27. The molecule has 1 N–H and O–H groups in total. The van der Waals surface area contributed by atoms with Gasteiger partial charge in [-0.15, -0.1) is 11.3 Å². The maximum absolute atomic E-state index is 10.7. The molecule has 0 amide bonds. The van der Waals surface area contributed by atoms with Crippen LogP contribution in [0.25, 0.3) is 10.1 Å². The minimum Gasteiger partial charge on any atom is -0.388 e. The summed E-state index contributed by atoms with van der Waals surface area (Å²) in [6, 6.07) is 8.46. The summed E-state index contributed by atoms with van der Waals surface area (Å²) in [4.78, 5) is 1.29. The second-order valence-electron chi connectivity index (χ2n) is 5.41. The Morgan fingerprint density at radius 1 is 1.17 bits per heavy atom. The van der Waals surface area contributed by atoms with Crippen molar-refractivity contribution in [1.82, 2.24) is 0 Å². The molecule has 18 heavy (non-hydrogen) atoms. The Labute approximate surface area is 112 Å². The Bertz CT molecular complexity index is 537. The van der Waals surface area contributed by atoms with Crippen LogP contribution >= 0.6 is 11.3 Å². The Balaban J connectivity index is 1.99. The largest absolute Gasteiger partial charge is 0.388 e. The van der Waals surface area contributed by atoms with Crippen molar-refractivity contribution in [3.8, 4) is 0 Å². The van der Waals surface area contributed by atoms with E-state index in [0.717, 1.165) is 0 Å². The molecule has 1 aliphatic carbocycles. The van der Waals surface area contributed by atoms with Gasteiger partial charge in [-0.2, -0.15) is 0 Å². The average Bonchev–Trinajstić information content (AvgIpc) is 2.75. The normalized spacial score (nSPS) is 19.2. The van der Waals surface area contributed by atoms with Crippen molar-refractivity contribution in [3.63, 3.8) is 0 Å². The van der Waals surface area contributed by atoms with Crippen molar-refractivity contribution < 1.29 is 5.11 Å². The second-order valence-corrected chi connectivity index (χ2v) is 6.67. The molecule has 1 aliphatic rings. The van der Waals surface area contributed by atoms with E-state index in [-0.39, 0.29) is 6.10 Å². The minimum absolute atomic E-state index is 0.263. The first-order chi connectivity index (χ1) is 8.77. The van der Waals surface area contributed by atoms with E-state index < -0.39 is 0 Å². The molecular formula is C16H20OS. The summed E-state index contributed by atoms with van der Waals surface area (Å²) in [7, 11) is 0. The predicted octanol–water partition coefficient (Wildman–Crippen LogP) is 4.82. The van der Waals surface area contributed by atoms with E-state index in [1.54, 1.807) is 0 Å². The zero-order chi connectivity index (χ0) is 12.5. The van der Waals surface area contributed by atoms with Gasteiger partial charge in [0, 0.05) is 15.1 Å². The zero-order valence-electron chi connectivity index (χ0n) is 10.9.